The van der Waals surface area contributed by atoms with Crippen LogP contribution in [-0.4, -0.2) is 23.5 Å². The van der Waals surface area contributed by atoms with Gasteiger partial charge in [0.15, 0.2) is 11.5 Å². The molecule has 3 rings (SSSR count). The van der Waals surface area contributed by atoms with Crippen LogP contribution < -0.4 is 10.6 Å². The fraction of sp³-hybridized carbons (Fsp3) is 0.500. The molecule has 0 spiro atoms. The average Bonchev–Trinajstić information content (AvgIpc) is 2.90. The Balaban J connectivity index is 1.76. The second-order valence-electron chi connectivity index (χ2n) is 5.68. The molecule has 21 heavy (non-hydrogen) atoms. The van der Waals surface area contributed by atoms with Crippen molar-refractivity contribution in [1.82, 2.24) is 10.3 Å². The number of carbonyl (C=O) groups excluding carboxylic acids is 1. The number of piperidine rings is 1. The maximum absolute atomic E-state index is 12.4. The number of fused-ring (bicyclic) bond motifs is 1. The summed E-state index contributed by atoms with van der Waals surface area (Å²) in [5.41, 5.74) is 2.31. The molecule has 2 unspecified atom stereocenters. The van der Waals surface area contributed by atoms with E-state index in [1.165, 1.54) is 0 Å². The van der Waals surface area contributed by atoms with Gasteiger partial charge in [0.25, 0.3) is 0 Å². The summed E-state index contributed by atoms with van der Waals surface area (Å²) in [4.78, 5) is 16.8. The number of hydrogen-bond acceptors (Lipinski definition) is 4. The number of aromatic nitrogens is 1. The van der Waals surface area contributed by atoms with Crippen LogP contribution in [0.15, 0.2) is 22.6 Å². The SMILES string of the molecule is CCc1nc2cc(NC(=O)C3NCCCC3C)ccc2o1. The Kier molecular flexibility index (Phi) is 3.92. The van der Waals surface area contributed by atoms with Gasteiger partial charge in [-0.15, -0.1) is 0 Å². The van der Waals surface area contributed by atoms with Crippen molar-refractivity contribution in [2.75, 3.05) is 11.9 Å². The van der Waals surface area contributed by atoms with Crippen LogP contribution in [-0.2, 0) is 11.2 Å². The fourth-order valence-electron chi connectivity index (χ4n) is 2.82. The third-order valence-corrected chi connectivity index (χ3v) is 4.05. The highest BCUT2D eigenvalue weighted by Crippen LogP contribution is 2.22. The minimum atomic E-state index is -0.113. The lowest BCUT2D eigenvalue weighted by atomic mass is 9.92. The lowest BCUT2D eigenvalue weighted by molar-refractivity contribution is -0.119. The van der Waals surface area contributed by atoms with Gasteiger partial charge in [0.1, 0.15) is 5.52 Å². The molecule has 5 nitrogen and oxygen atoms in total. The third-order valence-electron chi connectivity index (χ3n) is 4.05. The topological polar surface area (TPSA) is 67.2 Å². The molecule has 1 aromatic heterocycles. The van der Waals surface area contributed by atoms with Crippen LogP contribution in [0.2, 0.25) is 0 Å². The highest BCUT2D eigenvalue weighted by Gasteiger charge is 2.27. The fourth-order valence-corrected chi connectivity index (χ4v) is 2.82. The molecule has 2 N–H and O–H groups in total. The maximum Gasteiger partial charge on any atom is 0.241 e. The van der Waals surface area contributed by atoms with E-state index in [2.05, 4.69) is 22.5 Å². The number of oxazole rings is 1. The minimum absolute atomic E-state index is 0.0285. The van der Waals surface area contributed by atoms with E-state index in [0.717, 1.165) is 48.5 Å². The van der Waals surface area contributed by atoms with Crippen molar-refractivity contribution in [3.05, 3.63) is 24.1 Å². The molecule has 1 aliphatic rings. The predicted octanol–water partition coefficient (Wildman–Crippen LogP) is 2.72. The number of benzene rings is 1. The molecule has 1 saturated heterocycles. The molecular formula is C16H21N3O2. The Bertz CT molecular complexity index is 650. The first kappa shape index (κ1) is 14.1. The van der Waals surface area contributed by atoms with Crippen molar-refractivity contribution in [1.29, 1.82) is 0 Å². The molecule has 0 saturated carbocycles. The molecule has 2 heterocycles. The van der Waals surface area contributed by atoms with Gasteiger partial charge in [0.2, 0.25) is 5.91 Å². The largest absolute Gasteiger partial charge is 0.441 e. The normalized spacial score (nSPS) is 22.4. The molecule has 1 aliphatic heterocycles. The van der Waals surface area contributed by atoms with Gasteiger partial charge in [-0.05, 0) is 43.5 Å². The quantitative estimate of drug-likeness (QED) is 0.911. The van der Waals surface area contributed by atoms with E-state index in [1.54, 1.807) is 0 Å². The second kappa shape index (κ2) is 5.85. The number of nitrogens with zero attached hydrogens (tertiary/aromatic N) is 1. The summed E-state index contributed by atoms with van der Waals surface area (Å²) in [6.07, 6.45) is 2.99. The minimum Gasteiger partial charge on any atom is -0.441 e. The van der Waals surface area contributed by atoms with Crippen LogP contribution in [0, 0.1) is 5.92 Å². The van der Waals surface area contributed by atoms with E-state index in [1.807, 2.05) is 25.1 Å². The first-order chi connectivity index (χ1) is 10.2. The van der Waals surface area contributed by atoms with Crippen molar-refractivity contribution in [3.63, 3.8) is 0 Å². The van der Waals surface area contributed by atoms with Gasteiger partial charge in [0, 0.05) is 12.1 Å². The number of carbonyl (C=O) groups is 1. The van der Waals surface area contributed by atoms with Crippen LogP contribution in [0.3, 0.4) is 0 Å². The Morgan fingerprint density at radius 2 is 2.38 bits per heavy atom. The number of nitrogens with one attached hydrogen (secondary N) is 2. The van der Waals surface area contributed by atoms with Gasteiger partial charge in [-0.25, -0.2) is 4.98 Å². The molecule has 0 aliphatic carbocycles. The lowest BCUT2D eigenvalue weighted by Crippen LogP contribution is -2.48. The van der Waals surface area contributed by atoms with Gasteiger partial charge >= 0.3 is 0 Å². The molecule has 5 heteroatoms. The van der Waals surface area contributed by atoms with E-state index in [-0.39, 0.29) is 11.9 Å². The van der Waals surface area contributed by atoms with E-state index >= 15 is 0 Å². The number of anilines is 1. The Hall–Kier alpha value is -1.88. The second-order valence-corrected chi connectivity index (χ2v) is 5.68. The van der Waals surface area contributed by atoms with Crippen LogP contribution in [0.25, 0.3) is 11.1 Å². The lowest BCUT2D eigenvalue weighted by Gasteiger charge is -2.28. The molecule has 0 bridgehead atoms. The highest BCUT2D eigenvalue weighted by atomic mass is 16.3. The standard InChI is InChI=1S/C16H21N3O2/c1-3-14-19-12-9-11(6-7-13(12)21-14)18-16(20)15-10(2)5-4-8-17-15/h6-7,9-10,15,17H,3-5,8H2,1-2H3,(H,18,20). The molecule has 2 atom stereocenters. The van der Waals surface area contributed by atoms with Crippen LogP contribution in [0.1, 0.15) is 32.6 Å². The molecule has 1 amide bonds. The summed E-state index contributed by atoms with van der Waals surface area (Å²) >= 11 is 0. The molecule has 1 aromatic carbocycles. The third kappa shape index (κ3) is 2.93. The Labute approximate surface area is 124 Å². The Morgan fingerprint density at radius 3 is 3.14 bits per heavy atom. The summed E-state index contributed by atoms with van der Waals surface area (Å²) in [6.45, 7) is 5.03. The van der Waals surface area contributed by atoms with E-state index in [4.69, 9.17) is 4.42 Å². The van der Waals surface area contributed by atoms with Crippen molar-refractivity contribution in [2.24, 2.45) is 5.92 Å². The molecular weight excluding hydrogens is 266 g/mol. The predicted molar refractivity (Wildman–Crippen MR) is 82.2 cm³/mol. The zero-order valence-electron chi connectivity index (χ0n) is 12.5. The molecule has 1 fully saturated rings. The van der Waals surface area contributed by atoms with E-state index in [0.29, 0.717) is 5.92 Å². The summed E-state index contributed by atoms with van der Waals surface area (Å²) in [5.74, 6) is 1.11. The summed E-state index contributed by atoms with van der Waals surface area (Å²) in [5, 5.41) is 6.27. The van der Waals surface area contributed by atoms with Crippen molar-refractivity contribution in [3.8, 4) is 0 Å². The zero-order chi connectivity index (χ0) is 14.8. The van der Waals surface area contributed by atoms with Gasteiger partial charge in [-0.2, -0.15) is 0 Å². The van der Waals surface area contributed by atoms with Gasteiger partial charge in [0.05, 0.1) is 6.04 Å². The van der Waals surface area contributed by atoms with E-state index < -0.39 is 0 Å². The number of amides is 1. The molecule has 112 valence electrons. The number of hydrogen-bond donors (Lipinski definition) is 2. The van der Waals surface area contributed by atoms with Crippen LogP contribution >= 0.6 is 0 Å². The monoisotopic (exact) mass is 287 g/mol. The van der Waals surface area contributed by atoms with Crippen molar-refractivity contribution in [2.45, 2.75) is 39.2 Å². The summed E-state index contributed by atoms with van der Waals surface area (Å²) < 4.78 is 5.57. The molecule has 0 radical (unpaired) electrons. The van der Waals surface area contributed by atoms with Crippen molar-refractivity contribution < 1.29 is 9.21 Å². The van der Waals surface area contributed by atoms with Crippen LogP contribution in [0.5, 0.6) is 0 Å². The Morgan fingerprint density at radius 1 is 1.52 bits per heavy atom. The smallest absolute Gasteiger partial charge is 0.241 e. The van der Waals surface area contributed by atoms with Crippen LogP contribution in [0.4, 0.5) is 5.69 Å². The first-order valence-electron chi connectivity index (χ1n) is 7.61. The molecule has 2 aromatic rings. The maximum atomic E-state index is 12.4. The van der Waals surface area contributed by atoms with Gasteiger partial charge < -0.3 is 15.1 Å². The number of aryl methyl sites for hydroxylation is 1. The van der Waals surface area contributed by atoms with Crippen molar-refractivity contribution >= 4 is 22.7 Å². The summed E-state index contributed by atoms with van der Waals surface area (Å²) in [7, 11) is 0. The zero-order valence-corrected chi connectivity index (χ0v) is 12.5. The average molecular weight is 287 g/mol. The van der Waals surface area contributed by atoms with Gasteiger partial charge in [-0.3, -0.25) is 4.79 Å². The first-order valence-corrected chi connectivity index (χ1v) is 7.61. The van der Waals surface area contributed by atoms with Gasteiger partial charge in [-0.1, -0.05) is 13.8 Å². The van der Waals surface area contributed by atoms with E-state index in [9.17, 15) is 4.79 Å². The summed E-state index contributed by atoms with van der Waals surface area (Å²) in [6, 6.07) is 5.47. The highest BCUT2D eigenvalue weighted by molar-refractivity contribution is 5.96. The number of rotatable bonds is 3.